The molecule has 0 amide bonds. The molecule has 0 saturated carbocycles. The van der Waals surface area contributed by atoms with Crippen molar-refractivity contribution in [1.29, 1.82) is 0 Å². The molecule has 100 valence electrons. The minimum absolute atomic E-state index is 0.354. The number of nitrogens with one attached hydrogen (secondary N) is 1. The number of fused-ring (bicyclic) bond motifs is 2. The van der Waals surface area contributed by atoms with E-state index in [0.29, 0.717) is 31.3 Å². The summed E-state index contributed by atoms with van der Waals surface area (Å²) in [7, 11) is 2.13. The van der Waals surface area contributed by atoms with E-state index < -0.39 is 0 Å². The molecule has 0 aliphatic carbocycles. The Morgan fingerprint density at radius 3 is 2.59 bits per heavy atom. The van der Waals surface area contributed by atoms with Crippen LogP contribution < -0.4 is 5.32 Å². The average Bonchev–Trinajstić information content (AvgIpc) is 2.65. The number of aliphatic hydroxyl groups is 1. The molecule has 0 aromatic heterocycles. The van der Waals surface area contributed by atoms with E-state index >= 15 is 0 Å². The fourth-order valence-electron chi connectivity index (χ4n) is 3.18. The molecule has 2 aliphatic rings. The number of piperidine rings is 1. The summed E-state index contributed by atoms with van der Waals surface area (Å²) in [4.78, 5) is 2.32. The molecule has 2 bridgehead atoms. The van der Waals surface area contributed by atoms with E-state index in [1.807, 2.05) is 6.92 Å². The summed E-state index contributed by atoms with van der Waals surface area (Å²) >= 11 is 0. The van der Waals surface area contributed by atoms with E-state index in [0.717, 1.165) is 6.54 Å². The topological polar surface area (TPSA) is 44.7 Å². The van der Waals surface area contributed by atoms with E-state index in [1.165, 1.54) is 25.7 Å². The van der Waals surface area contributed by atoms with Gasteiger partial charge in [-0.25, -0.2) is 0 Å². The number of aliphatic hydroxyl groups excluding tert-OH is 1. The van der Waals surface area contributed by atoms with Crippen molar-refractivity contribution >= 4 is 0 Å². The number of nitrogens with zero attached hydrogens (tertiary/aromatic N) is 1. The molecule has 2 heterocycles. The third-order valence-electron chi connectivity index (χ3n) is 4.08. The van der Waals surface area contributed by atoms with Crippen LogP contribution in [0, 0.1) is 0 Å². The zero-order valence-electron chi connectivity index (χ0n) is 11.1. The largest absolute Gasteiger partial charge is 0.389 e. The highest BCUT2D eigenvalue weighted by Gasteiger charge is 2.35. The van der Waals surface area contributed by atoms with Crippen LogP contribution in [-0.2, 0) is 4.74 Å². The molecule has 4 heteroatoms. The van der Waals surface area contributed by atoms with E-state index in [1.54, 1.807) is 0 Å². The van der Waals surface area contributed by atoms with Gasteiger partial charge in [0.05, 0.1) is 12.7 Å². The summed E-state index contributed by atoms with van der Waals surface area (Å²) in [5.74, 6) is 0. The first kappa shape index (κ1) is 13.3. The zero-order valence-corrected chi connectivity index (χ0v) is 11.1. The molecule has 3 unspecified atom stereocenters. The molecule has 0 aromatic carbocycles. The average molecular weight is 242 g/mol. The normalized spacial score (nSPS) is 34.2. The second-order valence-corrected chi connectivity index (χ2v) is 5.52. The minimum atomic E-state index is -0.354. The fourth-order valence-corrected chi connectivity index (χ4v) is 3.18. The molecular weight excluding hydrogens is 216 g/mol. The van der Waals surface area contributed by atoms with Gasteiger partial charge in [0.15, 0.2) is 0 Å². The third kappa shape index (κ3) is 3.65. The van der Waals surface area contributed by atoms with Crippen molar-refractivity contribution in [3.05, 3.63) is 0 Å². The van der Waals surface area contributed by atoms with Gasteiger partial charge in [-0.3, -0.25) is 0 Å². The summed E-state index contributed by atoms with van der Waals surface area (Å²) in [6, 6.07) is 2.06. The van der Waals surface area contributed by atoms with Crippen LogP contribution in [0.5, 0.6) is 0 Å². The summed E-state index contributed by atoms with van der Waals surface area (Å²) < 4.78 is 5.25. The van der Waals surface area contributed by atoms with Crippen LogP contribution in [0.2, 0.25) is 0 Å². The Balaban J connectivity index is 1.73. The molecule has 0 spiro atoms. The second kappa shape index (κ2) is 6.14. The fraction of sp³-hybridized carbons (Fsp3) is 1.00. The van der Waals surface area contributed by atoms with Gasteiger partial charge in [-0.15, -0.1) is 0 Å². The molecule has 2 N–H and O–H groups in total. The SMILES string of the molecule is CCOCC(O)CN(C)C1CC2CCC(C1)N2. The van der Waals surface area contributed by atoms with Crippen molar-refractivity contribution < 1.29 is 9.84 Å². The predicted octanol–water partition coefficient (Wildman–Crippen LogP) is 0.599. The number of rotatable bonds is 6. The zero-order chi connectivity index (χ0) is 12.3. The molecule has 2 aliphatic heterocycles. The van der Waals surface area contributed by atoms with Crippen molar-refractivity contribution in [2.45, 2.75) is 56.8 Å². The summed E-state index contributed by atoms with van der Waals surface area (Å²) in [6.07, 6.45) is 4.77. The van der Waals surface area contributed by atoms with Crippen molar-refractivity contribution in [2.75, 3.05) is 26.8 Å². The smallest absolute Gasteiger partial charge is 0.0900 e. The van der Waals surface area contributed by atoms with Gasteiger partial charge in [-0.2, -0.15) is 0 Å². The van der Waals surface area contributed by atoms with Gasteiger partial charge in [0.1, 0.15) is 0 Å². The molecule has 3 atom stereocenters. The maximum Gasteiger partial charge on any atom is 0.0900 e. The predicted molar refractivity (Wildman–Crippen MR) is 68.1 cm³/mol. The van der Waals surface area contributed by atoms with Gasteiger partial charge in [0, 0.05) is 31.3 Å². The van der Waals surface area contributed by atoms with Crippen LogP contribution in [0.1, 0.15) is 32.6 Å². The highest BCUT2D eigenvalue weighted by Crippen LogP contribution is 2.29. The maximum atomic E-state index is 9.85. The van der Waals surface area contributed by atoms with Gasteiger partial charge in [0.25, 0.3) is 0 Å². The second-order valence-electron chi connectivity index (χ2n) is 5.52. The summed E-state index contributed by atoms with van der Waals surface area (Å²) in [5, 5.41) is 13.5. The minimum Gasteiger partial charge on any atom is -0.389 e. The lowest BCUT2D eigenvalue weighted by molar-refractivity contribution is 0.0139. The molecule has 2 rings (SSSR count). The van der Waals surface area contributed by atoms with E-state index in [9.17, 15) is 5.11 Å². The molecule has 4 nitrogen and oxygen atoms in total. The molecule has 17 heavy (non-hydrogen) atoms. The van der Waals surface area contributed by atoms with Gasteiger partial charge in [-0.1, -0.05) is 0 Å². The number of likely N-dealkylation sites (N-methyl/N-ethyl adjacent to an activating group) is 1. The lowest BCUT2D eigenvalue weighted by Gasteiger charge is -2.36. The number of hydrogen-bond acceptors (Lipinski definition) is 4. The van der Waals surface area contributed by atoms with Crippen molar-refractivity contribution in [2.24, 2.45) is 0 Å². The van der Waals surface area contributed by atoms with E-state index in [4.69, 9.17) is 4.74 Å². The first-order valence-electron chi connectivity index (χ1n) is 6.91. The van der Waals surface area contributed by atoms with E-state index in [2.05, 4.69) is 17.3 Å². The molecule has 2 fully saturated rings. The van der Waals surface area contributed by atoms with Crippen LogP contribution in [0.4, 0.5) is 0 Å². The lowest BCUT2D eigenvalue weighted by atomic mass is 9.98. The van der Waals surface area contributed by atoms with Crippen molar-refractivity contribution in [1.82, 2.24) is 10.2 Å². The molecule has 0 radical (unpaired) electrons. The molecule has 2 saturated heterocycles. The van der Waals surface area contributed by atoms with Crippen molar-refractivity contribution in [3.63, 3.8) is 0 Å². The Morgan fingerprint density at radius 2 is 2.00 bits per heavy atom. The highest BCUT2D eigenvalue weighted by molar-refractivity contribution is 4.95. The third-order valence-corrected chi connectivity index (χ3v) is 4.08. The van der Waals surface area contributed by atoms with Crippen molar-refractivity contribution in [3.8, 4) is 0 Å². The van der Waals surface area contributed by atoms with Crippen LogP contribution in [-0.4, -0.2) is 61.0 Å². The van der Waals surface area contributed by atoms with Crippen LogP contribution in [0.3, 0.4) is 0 Å². The first-order chi connectivity index (χ1) is 8.19. The van der Waals surface area contributed by atoms with Crippen LogP contribution in [0.25, 0.3) is 0 Å². The summed E-state index contributed by atoms with van der Waals surface area (Å²) in [6.45, 7) is 3.82. The van der Waals surface area contributed by atoms with Gasteiger partial charge < -0.3 is 20.1 Å². The quantitative estimate of drug-likeness (QED) is 0.716. The Hall–Kier alpha value is -0.160. The first-order valence-corrected chi connectivity index (χ1v) is 6.91. The lowest BCUT2D eigenvalue weighted by Crippen LogP contribution is -2.49. The van der Waals surface area contributed by atoms with Crippen LogP contribution >= 0.6 is 0 Å². The Bertz CT molecular complexity index is 225. The Labute approximate surface area is 104 Å². The maximum absolute atomic E-state index is 9.85. The molecular formula is C13H26N2O2. The van der Waals surface area contributed by atoms with E-state index in [-0.39, 0.29) is 6.10 Å². The summed E-state index contributed by atoms with van der Waals surface area (Å²) in [5.41, 5.74) is 0. The number of ether oxygens (including phenoxy) is 1. The number of hydrogen-bond donors (Lipinski definition) is 2. The van der Waals surface area contributed by atoms with Gasteiger partial charge in [-0.05, 0) is 39.7 Å². The Morgan fingerprint density at radius 1 is 1.35 bits per heavy atom. The molecule has 0 aromatic rings. The Kier molecular flexibility index (Phi) is 4.79. The van der Waals surface area contributed by atoms with Gasteiger partial charge >= 0.3 is 0 Å². The highest BCUT2D eigenvalue weighted by atomic mass is 16.5. The standard InChI is InChI=1S/C13H26N2O2/c1-3-17-9-13(16)8-15(2)12-6-10-4-5-11(7-12)14-10/h10-14,16H,3-9H2,1-2H3. The van der Waals surface area contributed by atoms with Gasteiger partial charge in [0.2, 0.25) is 0 Å². The van der Waals surface area contributed by atoms with Crippen LogP contribution in [0.15, 0.2) is 0 Å². The monoisotopic (exact) mass is 242 g/mol.